The highest BCUT2D eigenvalue weighted by Gasteiger charge is 2.38. The number of fused-ring (bicyclic) bond motifs is 3. The van der Waals surface area contributed by atoms with Crippen LogP contribution in [0.5, 0.6) is 0 Å². The van der Waals surface area contributed by atoms with E-state index in [1.54, 1.807) is 6.92 Å². The highest BCUT2D eigenvalue weighted by Crippen LogP contribution is 2.36. The molecule has 0 saturated heterocycles. The zero-order valence-electron chi connectivity index (χ0n) is 12.2. The predicted octanol–water partition coefficient (Wildman–Crippen LogP) is 1.85. The van der Waals surface area contributed by atoms with Crippen LogP contribution in [0.25, 0.3) is 11.3 Å². The van der Waals surface area contributed by atoms with Gasteiger partial charge in [-0.1, -0.05) is 13.8 Å². The Balaban J connectivity index is 2.44. The lowest BCUT2D eigenvalue weighted by Gasteiger charge is -2.17. The molecule has 0 N–H and O–H groups in total. The number of hydrogen-bond donors (Lipinski definition) is 0. The fourth-order valence-electron chi connectivity index (χ4n) is 2.49. The Kier molecular flexibility index (Phi) is 2.73. The third kappa shape index (κ3) is 1.72. The number of hydrogen-bond acceptors (Lipinski definition) is 5. The summed E-state index contributed by atoms with van der Waals surface area (Å²) in [7, 11) is 1.47. The van der Waals surface area contributed by atoms with Gasteiger partial charge in [0.1, 0.15) is 5.69 Å². The molecule has 0 aromatic carbocycles. The second-order valence-corrected chi connectivity index (χ2v) is 5.49. The minimum atomic E-state index is -0.728. The Hall–Kier alpha value is -2.50. The quantitative estimate of drug-likeness (QED) is 0.747. The maximum Gasteiger partial charge on any atom is 0.257 e. The van der Waals surface area contributed by atoms with Crippen LogP contribution in [0.15, 0.2) is 15.3 Å². The van der Waals surface area contributed by atoms with E-state index in [1.807, 2.05) is 13.8 Å². The molecule has 1 aliphatic rings. The van der Waals surface area contributed by atoms with E-state index in [0.29, 0.717) is 17.0 Å². The van der Waals surface area contributed by atoms with Crippen LogP contribution >= 0.6 is 0 Å². The number of aromatic nitrogens is 2. The van der Waals surface area contributed by atoms with Crippen molar-refractivity contribution >= 4 is 11.6 Å². The molecule has 6 nitrogen and oxygen atoms in total. The van der Waals surface area contributed by atoms with Crippen molar-refractivity contribution in [2.45, 2.75) is 26.7 Å². The standard InChI is InChI=1S/C15H14N2O4/c1-6(2)15-16-10-12(19)13(20)11-9(14(10)21-15)7(3)5-8(18)17(11)4/h5-6H,1-4H3. The first-order valence-electron chi connectivity index (χ1n) is 6.63. The number of oxazole rings is 1. The first-order chi connectivity index (χ1) is 9.82. The molecule has 2 aromatic rings. The summed E-state index contributed by atoms with van der Waals surface area (Å²) < 4.78 is 6.87. The van der Waals surface area contributed by atoms with Crippen molar-refractivity contribution in [1.82, 2.24) is 9.55 Å². The molecule has 108 valence electrons. The largest absolute Gasteiger partial charge is 0.440 e. The maximum atomic E-state index is 12.3. The lowest BCUT2D eigenvalue weighted by atomic mass is 9.92. The minimum Gasteiger partial charge on any atom is -0.440 e. The molecule has 0 fully saturated rings. The first-order valence-corrected chi connectivity index (χ1v) is 6.63. The van der Waals surface area contributed by atoms with E-state index in [4.69, 9.17) is 4.42 Å². The Morgan fingerprint density at radius 2 is 1.86 bits per heavy atom. The third-order valence-electron chi connectivity index (χ3n) is 3.64. The van der Waals surface area contributed by atoms with Crippen molar-refractivity contribution in [1.29, 1.82) is 0 Å². The number of ketones is 2. The Labute approximate surface area is 120 Å². The van der Waals surface area contributed by atoms with Gasteiger partial charge in [0.2, 0.25) is 0 Å². The summed E-state index contributed by atoms with van der Waals surface area (Å²) in [6, 6.07) is 1.42. The molecule has 3 rings (SSSR count). The molecule has 0 atom stereocenters. The number of pyridine rings is 1. The van der Waals surface area contributed by atoms with E-state index in [2.05, 4.69) is 4.98 Å². The SMILES string of the molecule is Cc1cc(=O)n(C)c2c1-c1oc(C(C)C)nc1C(=O)C2=O. The topological polar surface area (TPSA) is 82.2 Å². The number of rotatable bonds is 1. The van der Waals surface area contributed by atoms with E-state index in [1.165, 1.54) is 17.7 Å². The van der Waals surface area contributed by atoms with E-state index in [0.717, 1.165) is 0 Å². The van der Waals surface area contributed by atoms with Gasteiger partial charge in [-0.05, 0) is 12.5 Å². The molecule has 0 aliphatic heterocycles. The second kappa shape index (κ2) is 4.25. The smallest absolute Gasteiger partial charge is 0.257 e. The molecular formula is C15H14N2O4. The van der Waals surface area contributed by atoms with Gasteiger partial charge < -0.3 is 8.98 Å². The lowest BCUT2D eigenvalue weighted by Crippen LogP contribution is -2.31. The van der Waals surface area contributed by atoms with Gasteiger partial charge in [-0.25, -0.2) is 4.98 Å². The van der Waals surface area contributed by atoms with E-state index < -0.39 is 11.6 Å². The summed E-state index contributed by atoms with van der Waals surface area (Å²) in [5, 5.41) is 0. The molecule has 2 heterocycles. The number of Topliss-reactive ketones (excluding diaryl/α,β-unsaturated/α-hetero) is 2. The average molecular weight is 286 g/mol. The number of carbonyl (C=O) groups is 2. The molecule has 0 bridgehead atoms. The predicted molar refractivity (Wildman–Crippen MR) is 74.7 cm³/mol. The van der Waals surface area contributed by atoms with Gasteiger partial charge in [0.05, 0.1) is 5.56 Å². The summed E-state index contributed by atoms with van der Waals surface area (Å²) in [5.74, 6) is -0.762. The van der Waals surface area contributed by atoms with Crippen LogP contribution in [0.2, 0.25) is 0 Å². The molecular weight excluding hydrogens is 272 g/mol. The second-order valence-electron chi connectivity index (χ2n) is 5.49. The fourth-order valence-corrected chi connectivity index (χ4v) is 2.49. The van der Waals surface area contributed by atoms with Crippen molar-refractivity contribution in [2.75, 3.05) is 0 Å². The monoisotopic (exact) mass is 286 g/mol. The van der Waals surface area contributed by atoms with Crippen LogP contribution in [0.1, 0.15) is 52.2 Å². The molecule has 0 radical (unpaired) electrons. The number of nitrogens with zero attached hydrogens (tertiary/aromatic N) is 2. The van der Waals surface area contributed by atoms with Gasteiger partial charge in [-0.15, -0.1) is 0 Å². The highest BCUT2D eigenvalue weighted by atomic mass is 16.4. The van der Waals surface area contributed by atoms with Crippen LogP contribution in [-0.4, -0.2) is 21.1 Å². The van der Waals surface area contributed by atoms with Crippen LogP contribution in [0, 0.1) is 6.92 Å². The normalized spacial score (nSPS) is 13.6. The maximum absolute atomic E-state index is 12.3. The molecule has 0 amide bonds. The summed E-state index contributed by atoms with van der Waals surface area (Å²) in [5.41, 5.74) is 0.860. The molecule has 1 aliphatic carbocycles. The van der Waals surface area contributed by atoms with Gasteiger partial charge in [0.25, 0.3) is 17.1 Å². The molecule has 0 saturated carbocycles. The summed E-state index contributed by atoms with van der Waals surface area (Å²) in [4.78, 5) is 40.5. The van der Waals surface area contributed by atoms with Crippen LogP contribution in [-0.2, 0) is 7.05 Å². The van der Waals surface area contributed by atoms with E-state index in [9.17, 15) is 14.4 Å². The minimum absolute atomic E-state index is 0.00482. The Bertz CT molecular complexity index is 855. The van der Waals surface area contributed by atoms with Gasteiger partial charge in [0.15, 0.2) is 17.3 Å². The Morgan fingerprint density at radius 3 is 2.48 bits per heavy atom. The fraction of sp³-hybridized carbons (Fsp3) is 0.333. The first kappa shape index (κ1) is 13.5. The number of carbonyl (C=O) groups excluding carboxylic acids is 2. The van der Waals surface area contributed by atoms with Crippen molar-refractivity contribution in [3.05, 3.63) is 39.3 Å². The molecule has 2 aromatic heterocycles. The van der Waals surface area contributed by atoms with Crippen molar-refractivity contribution in [2.24, 2.45) is 7.05 Å². The molecule has 6 heteroatoms. The number of aryl methyl sites for hydroxylation is 1. The van der Waals surface area contributed by atoms with Crippen LogP contribution in [0.3, 0.4) is 0 Å². The average Bonchev–Trinajstić information content (AvgIpc) is 2.85. The van der Waals surface area contributed by atoms with Crippen LogP contribution < -0.4 is 5.56 Å². The lowest BCUT2D eigenvalue weighted by molar-refractivity contribution is 0.0806. The summed E-state index contributed by atoms with van der Waals surface area (Å²) in [6.45, 7) is 5.49. The zero-order valence-corrected chi connectivity index (χ0v) is 12.2. The zero-order chi connectivity index (χ0) is 15.5. The molecule has 0 spiro atoms. The van der Waals surface area contributed by atoms with Gasteiger partial charge in [-0.2, -0.15) is 0 Å². The Morgan fingerprint density at radius 1 is 1.19 bits per heavy atom. The van der Waals surface area contributed by atoms with Crippen LogP contribution in [0.4, 0.5) is 0 Å². The summed E-state index contributed by atoms with van der Waals surface area (Å²) in [6.07, 6.45) is 0. The highest BCUT2D eigenvalue weighted by molar-refractivity contribution is 6.51. The molecule has 0 unspecified atom stereocenters. The van der Waals surface area contributed by atoms with Gasteiger partial charge >= 0.3 is 0 Å². The van der Waals surface area contributed by atoms with Gasteiger partial charge in [0, 0.05) is 19.0 Å². The van der Waals surface area contributed by atoms with E-state index >= 15 is 0 Å². The van der Waals surface area contributed by atoms with E-state index in [-0.39, 0.29) is 28.6 Å². The molecule has 21 heavy (non-hydrogen) atoms. The van der Waals surface area contributed by atoms with Gasteiger partial charge in [-0.3, -0.25) is 14.4 Å². The van der Waals surface area contributed by atoms with Crippen molar-refractivity contribution in [3.63, 3.8) is 0 Å². The van der Waals surface area contributed by atoms with Crippen molar-refractivity contribution < 1.29 is 14.0 Å². The van der Waals surface area contributed by atoms with Crippen molar-refractivity contribution in [3.8, 4) is 11.3 Å². The third-order valence-corrected chi connectivity index (χ3v) is 3.64. The summed E-state index contributed by atoms with van der Waals surface area (Å²) >= 11 is 0.